The Balaban J connectivity index is 0. The Bertz CT molecular complexity index is 503. The van der Waals surface area contributed by atoms with Crippen molar-refractivity contribution in [3.8, 4) is 0 Å². The van der Waals surface area contributed by atoms with Crippen molar-refractivity contribution in [3.05, 3.63) is 35.3 Å². The summed E-state index contributed by atoms with van der Waals surface area (Å²) in [5.74, 6) is -0.374. The van der Waals surface area contributed by atoms with E-state index in [0.29, 0.717) is 43.9 Å². The largest absolute Gasteiger partial charge is 0.392 e. The van der Waals surface area contributed by atoms with Crippen molar-refractivity contribution < 1.29 is 19.0 Å². The lowest BCUT2D eigenvalue weighted by molar-refractivity contribution is -0.118. The Hall–Kier alpha value is -1.66. The highest BCUT2D eigenvalue weighted by atomic mass is 19.1. The second-order valence-electron chi connectivity index (χ2n) is 6.62. The maximum Gasteiger partial charge on any atom is 0.209 e. The number of likely N-dealkylation sites (N-methyl/N-ethyl adjacent to an activating group) is 1. The quantitative estimate of drug-likeness (QED) is 0.481. The third-order valence-corrected chi connectivity index (χ3v) is 4.56. The molecule has 1 heterocycles. The summed E-state index contributed by atoms with van der Waals surface area (Å²) in [5, 5.41) is 9.24. The van der Waals surface area contributed by atoms with Crippen LogP contribution in [0.2, 0.25) is 0 Å². The minimum atomic E-state index is -0.374. The molecular formula is C25H47FN2O3. The Kier molecular flexibility index (Phi) is 23.4. The number of nitrogens with zero attached hydrogens (tertiary/aromatic N) is 2. The number of carbonyl (C=O) groups is 1. The minimum Gasteiger partial charge on any atom is -0.392 e. The maximum absolute atomic E-state index is 14.4. The summed E-state index contributed by atoms with van der Waals surface area (Å²) in [5.41, 5.74) is 0.812. The van der Waals surface area contributed by atoms with Gasteiger partial charge in [0.25, 0.3) is 0 Å². The van der Waals surface area contributed by atoms with E-state index >= 15 is 0 Å². The van der Waals surface area contributed by atoms with Crippen LogP contribution in [-0.2, 0) is 9.53 Å². The van der Waals surface area contributed by atoms with Gasteiger partial charge in [0.2, 0.25) is 6.41 Å². The monoisotopic (exact) mass is 442 g/mol. The smallest absolute Gasteiger partial charge is 0.209 e. The number of hydrogen-bond donors (Lipinski definition) is 1. The van der Waals surface area contributed by atoms with E-state index < -0.39 is 0 Å². The van der Waals surface area contributed by atoms with Crippen LogP contribution in [0.1, 0.15) is 73.6 Å². The van der Waals surface area contributed by atoms with Crippen LogP contribution in [0.25, 0.3) is 0 Å². The average molecular weight is 443 g/mol. The molecule has 0 spiro atoms. The van der Waals surface area contributed by atoms with Crippen molar-refractivity contribution >= 4 is 6.41 Å². The van der Waals surface area contributed by atoms with Crippen LogP contribution < -0.4 is 0 Å². The summed E-state index contributed by atoms with van der Waals surface area (Å²) < 4.78 is 19.5. The van der Waals surface area contributed by atoms with Gasteiger partial charge in [-0.1, -0.05) is 52.8 Å². The van der Waals surface area contributed by atoms with E-state index in [-0.39, 0.29) is 12.4 Å². The Morgan fingerprint density at radius 2 is 1.71 bits per heavy atom. The van der Waals surface area contributed by atoms with Crippen LogP contribution in [0.5, 0.6) is 0 Å². The van der Waals surface area contributed by atoms with E-state index in [4.69, 9.17) is 4.74 Å². The number of allylic oxidation sites excluding steroid dienone is 3. The molecule has 1 amide bonds. The summed E-state index contributed by atoms with van der Waals surface area (Å²) in [7, 11) is 0. The van der Waals surface area contributed by atoms with Crippen molar-refractivity contribution in [2.75, 3.05) is 46.0 Å². The van der Waals surface area contributed by atoms with Gasteiger partial charge in [0.05, 0.1) is 12.3 Å². The van der Waals surface area contributed by atoms with Gasteiger partial charge in [-0.25, -0.2) is 4.39 Å². The predicted molar refractivity (Wildman–Crippen MR) is 130 cm³/mol. The molecule has 0 aromatic rings. The number of hydrogen-bond acceptors (Lipinski definition) is 4. The molecule has 0 bridgehead atoms. The van der Waals surface area contributed by atoms with E-state index in [0.717, 1.165) is 26.0 Å². The fourth-order valence-corrected chi connectivity index (χ4v) is 3.00. The highest BCUT2D eigenvalue weighted by Gasteiger charge is 2.17. The molecule has 6 heteroatoms. The summed E-state index contributed by atoms with van der Waals surface area (Å²) in [6, 6.07) is 0. The standard InChI is InChI=1S/C16H25FN2O2.C5H10O.2C2H6/c1-3-9-18(13-21)10-11-19(4-2)15-8-6-5-7-14(12-20)16(15)17;1-2-4-6-5-3-1;2*1-2/h5,7-8,13,20H,3-4,6,9-12H2,1-2H3;1-5H2;2*1-2H3. The van der Waals surface area contributed by atoms with Gasteiger partial charge < -0.3 is 19.6 Å². The highest BCUT2D eigenvalue weighted by Crippen LogP contribution is 2.24. The van der Waals surface area contributed by atoms with Crippen LogP contribution in [0, 0.1) is 0 Å². The van der Waals surface area contributed by atoms with Crippen LogP contribution in [0.3, 0.4) is 0 Å². The molecule has 0 unspecified atom stereocenters. The second kappa shape index (κ2) is 23.0. The molecule has 0 atom stereocenters. The molecule has 1 saturated heterocycles. The number of aliphatic hydroxyl groups is 1. The molecule has 1 N–H and O–H groups in total. The molecule has 31 heavy (non-hydrogen) atoms. The maximum atomic E-state index is 14.4. The number of ether oxygens (including phenoxy) is 1. The summed E-state index contributed by atoms with van der Waals surface area (Å²) in [6.07, 6.45) is 11.6. The Morgan fingerprint density at radius 3 is 2.13 bits per heavy atom. The molecule has 0 saturated carbocycles. The van der Waals surface area contributed by atoms with Crippen LogP contribution in [-0.4, -0.2) is 67.3 Å². The summed E-state index contributed by atoms with van der Waals surface area (Å²) >= 11 is 0. The SMILES string of the molecule is C1CCOCC1.CC.CC.CCCN(C=O)CCN(CC)C1=CCC=CC(CO)=C1F. The normalized spacial score (nSPS) is 15.0. The molecule has 5 nitrogen and oxygen atoms in total. The molecule has 0 radical (unpaired) electrons. The van der Waals surface area contributed by atoms with Gasteiger partial charge in [0, 0.05) is 45.0 Å². The lowest BCUT2D eigenvalue weighted by Gasteiger charge is -2.28. The first-order valence-corrected chi connectivity index (χ1v) is 12.1. The Morgan fingerprint density at radius 1 is 1.06 bits per heavy atom. The van der Waals surface area contributed by atoms with Crippen LogP contribution in [0.15, 0.2) is 35.3 Å². The first kappa shape index (κ1) is 31.5. The van der Waals surface area contributed by atoms with Gasteiger partial charge in [0.15, 0.2) is 5.83 Å². The van der Waals surface area contributed by atoms with E-state index in [9.17, 15) is 14.3 Å². The number of rotatable bonds is 9. The molecule has 182 valence electrons. The number of halogens is 1. The van der Waals surface area contributed by atoms with Crippen LogP contribution >= 0.6 is 0 Å². The van der Waals surface area contributed by atoms with Crippen molar-refractivity contribution in [1.29, 1.82) is 0 Å². The number of carbonyl (C=O) groups excluding carboxylic acids is 1. The lowest BCUT2D eigenvalue weighted by Crippen LogP contribution is -2.35. The van der Waals surface area contributed by atoms with Crippen LogP contribution in [0.4, 0.5) is 4.39 Å². The second-order valence-corrected chi connectivity index (χ2v) is 6.62. The molecule has 2 aliphatic rings. The van der Waals surface area contributed by atoms with E-state index in [1.54, 1.807) is 11.0 Å². The van der Waals surface area contributed by atoms with Gasteiger partial charge in [-0.3, -0.25) is 4.79 Å². The Labute approximate surface area is 190 Å². The van der Waals surface area contributed by atoms with Crippen molar-refractivity contribution in [1.82, 2.24) is 9.80 Å². The zero-order valence-electron chi connectivity index (χ0n) is 20.8. The summed E-state index contributed by atoms with van der Waals surface area (Å²) in [6.45, 7) is 16.2. The van der Waals surface area contributed by atoms with E-state index in [1.165, 1.54) is 19.3 Å². The third-order valence-electron chi connectivity index (χ3n) is 4.56. The topological polar surface area (TPSA) is 53.0 Å². The van der Waals surface area contributed by atoms with Gasteiger partial charge in [-0.15, -0.1) is 0 Å². The molecule has 1 aliphatic carbocycles. The molecule has 1 aliphatic heterocycles. The predicted octanol–water partition coefficient (Wildman–Crippen LogP) is 5.48. The zero-order chi connectivity index (χ0) is 23.9. The van der Waals surface area contributed by atoms with Crippen molar-refractivity contribution in [3.63, 3.8) is 0 Å². The molecule has 1 fully saturated rings. The molecule has 0 aromatic heterocycles. The first-order chi connectivity index (χ1) is 15.2. The fourth-order valence-electron chi connectivity index (χ4n) is 3.00. The van der Waals surface area contributed by atoms with Gasteiger partial charge in [-0.05, 0) is 39.0 Å². The van der Waals surface area contributed by atoms with Gasteiger partial charge >= 0.3 is 0 Å². The fraction of sp³-hybridized carbons (Fsp3) is 0.720. The lowest BCUT2D eigenvalue weighted by atomic mass is 10.2. The van der Waals surface area contributed by atoms with Crippen molar-refractivity contribution in [2.24, 2.45) is 0 Å². The van der Waals surface area contributed by atoms with E-state index in [2.05, 4.69) is 0 Å². The van der Waals surface area contributed by atoms with Gasteiger partial charge in [-0.2, -0.15) is 0 Å². The number of aliphatic hydroxyl groups excluding tert-OH is 1. The van der Waals surface area contributed by atoms with Gasteiger partial charge in [0.1, 0.15) is 0 Å². The molecule has 2 rings (SSSR count). The molecule has 0 aromatic carbocycles. The third kappa shape index (κ3) is 14.1. The van der Waals surface area contributed by atoms with E-state index in [1.807, 2.05) is 58.6 Å². The number of amides is 1. The average Bonchev–Trinajstić information content (AvgIpc) is 3.04. The summed E-state index contributed by atoms with van der Waals surface area (Å²) in [4.78, 5) is 14.6. The minimum absolute atomic E-state index is 0.304. The first-order valence-electron chi connectivity index (χ1n) is 12.1. The zero-order valence-corrected chi connectivity index (χ0v) is 20.8. The van der Waals surface area contributed by atoms with Crippen molar-refractivity contribution in [2.45, 2.75) is 73.6 Å². The molecular weight excluding hydrogens is 395 g/mol. The highest BCUT2D eigenvalue weighted by molar-refractivity contribution is 5.47.